The molecular formula is C56H69F3N8O9. The molecule has 0 saturated carbocycles. The monoisotopic (exact) mass is 1050 g/mol. The van der Waals surface area contributed by atoms with Crippen LogP contribution in [0, 0.1) is 24.7 Å². The van der Waals surface area contributed by atoms with Crippen LogP contribution in [0.25, 0.3) is 16.5 Å². The fourth-order valence-corrected chi connectivity index (χ4v) is 10.5. The number of methoxy groups -OCH3 is 2. The van der Waals surface area contributed by atoms with E-state index in [1.165, 1.54) is 18.1 Å². The first-order chi connectivity index (χ1) is 36.2. The number of carbonyl (C=O) groups excluding carboxylic acids is 5. The highest BCUT2D eigenvalue weighted by Gasteiger charge is 2.34. The van der Waals surface area contributed by atoms with Crippen LogP contribution in [-0.4, -0.2) is 115 Å². The number of piperidine rings is 2. The third-order valence-electron chi connectivity index (χ3n) is 14.6. The molecule has 1 aromatic heterocycles. The summed E-state index contributed by atoms with van der Waals surface area (Å²) in [6, 6.07) is 11.0. The maximum atomic E-state index is 14.1. The van der Waals surface area contributed by atoms with Gasteiger partial charge in [-0.25, -0.2) is 19.6 Å². The second-order valence-electron chi connectivity index (χ2n) is 21.2. The highest BCUT2D eigenvalue weighted by Crippen LogP contribution is 2.41. The summed E-state index contributed by atoms with van der Waals surface area (Å²) in [7, 11) is 3.09. The number of fused-ring (bicyclic) bond motifs is 1. The molecule has 76 heavy (non-hydrogen) atoms. The van der Waals surface area contributed by atoms with E-state index < -0.39 is 35.5 Å². The highest BCUT2D eigenvalue weighted by atomic mass is 19.4. The van der Waals surface area contributed by atoms with Crippen LogP contribution in [0.15, 0.2) is 54.6 Å². The molecule has 17 nitrogen and oxygen atoms in total. The molecular weight excluding hydrogens is 986 g/mol. The van der Waals surface area contributed by atoms with Crippen molar-refractivity contribution in [1.29, 1.82) is 0 Å². The molecule has 3 N–H and O–H groups in total. The summed E-state index contributed by atoms with van der Waals surface area (Å²) in [6.07, 6.45) is 2.99. The molecule has 3 saturated heterocycles. The van der Waals surface area contributed by atoms with Gasteiger partial charge in [0, 0.05) is 86.5 Å². The molecule has 8 rings (SSSR count). The number of alkyl halides is 3. The van der Waals surface area contributed by atoms with E-state index in [9.17, 15) is 37.1 Å². The van der Waals surface area contributed by atoms with Gasteiger partial charge in [0.25, 0.3) is 5.91 Å². The Labute approximate surface area is 441 Å². The zero-order chi connectivity index (χ0) is 54.5. The summed E-state index contributed by atoms with van der Waals surface area (Å²) in [5.41, 5.74) is 1.74. The van der Waals surface area contributed by atoms with Crippen LogP contribution in [-0.2, 0) is 25.2 Å². The van der Waals surface area contributed by atoms with Gasteiger partial charge >= 0.3 is 18.3 Å². The Morgan fingerprint density at radius 2 is 1.55 bits per heavy atom. The molecule has 3 aliphatic heterocycles. The number of imide groups is 1. The van der Waals surface area contributed by atoms with E-state index in [-0.39, 0.29) is 47.9 Å². The molecule has 4 aliphatic rings. The van der Waals surface area contributed by atoms with E-state index in [0.29, 0.717) is 116 Å². The zero-order valence-electron chi connectivity index (χ0n) is 44.4. The minimum Gasteiger partial charge on any atom is -0.496 e. The fraction of sp³-hybridized carbons (Fsp3) is 0.518. The van der Waals surface area contributed by atoms with Crippen molar-refractivity contribution in [3.05, 3.63) is 82.7 Å². The maximum Gasteiger partial charge on any atom is 0.416 e. The number of anilines is 3. The molecule has 20 heteroatoms. The van der Waals surface area contributed by atoms with E-state index in [1.54, 1.807) is 59.9 Å². The number of likely N-dealkylation sites (tertiary alicyclic amines) is 2. The van der Waals surface area contributed by atoms with Crippen molar-refractivity contribution in [3.8, 4) is 11.5 Å². The first-order valence-electron chi connectivity index (χ1n) is 26.2. The number of hydrogen-bond acceptors (Lipinski definition) is 12. The molecule has 3 aromatic carbocycles. The molecule has 0 bridgehead atoms. The molecule has 3 fully saturated rings. The van der Waals surface area contributed by atoms with E-state index in [1.807, 2.05) is 21.9 Å². The van der Waals surface area contributed by atoms with Crippen molar-refractivity contribution >= 4 is 63.5 Å². The van der Waals surface area contributed by atoms with Gasteiger partial charge in [-0.15, -0.1) is 0 Å². The van der Waals surface area contributed by atoms with Gasteiger partial charge in [0.15, 0.2) is 0 Å². The Morgan fingerprint density at radius 1 is 0.842 bits per heavy atom. The molecule has 1 aliphatic carbocycles. The number of aryl methyl sites for hydroxylation is 1. The standard InChI is InChI=1S/C56H69F3N8O9/c1-33(40-26-41(56(57,58)59)29-42(27-40)63-54(72)76-55(3,4)5)60-50-44-30-43(48(74-7)31-45(44)61-34(2)62-50)37-8-10-38(11-9-37)51(69)65-20-14-35(15-21-65)19-25-75-32-36-16-22-66(23-17-36)52(70)39-12-13-47(73-6)46(28-39)67-24-18-49(68)64-53(67)71/h8,12-13,26-31,33,35-36,38H,9-11,14-25,32H2,1-7H3,(H,63,72)(H,60,61,62)(H,64,68,71). The predicted molar refractivity (Wildman–Crippen MR) is 281 cm³/mol. The Bertz CT molecular complexity index is 2850. The molecule has 4 aromatic rings. The minimum absolute atomic E-state index is 0.0631. The van der Waals surface area contributed by atoms with Crippen molar-refractivity contribution in [2.45, 2.75) is 110 Å². The van der Waals surface area contributed by atoms with E-state index in [0.717, 1.165) is 55.4 Å². The highest BCUT2D eigenvalue weighted by molar-refractivity contribution is 6.07. The van der Waals surface area contributed by atoms with Crippen molar-refractivity contribution in [2.75, 3.05) is 75.7 Å². The van der Waals surface area contributed by atoms with Gasteiger partial charge in [-0.1, -0.05) is 6.08 Å². The third kappa shape index (κ3) is 13.5. The third-order valence-corrected chi connectivity index (χ3v) is 14.6. The number of ether oxygens (including phenoxy) is 4. The summed E-state index contributed by atoms with van der Waals surface area (Å²) in [5.74, 6) is 2.28. The molecule has 6 amide bonds. The lowest BCUT2D eigenvalue weighted by Crippen LogP contribution is -2.49. The molecule has 2 unspecified atom stereocenters. The largest absolute Gasteiger partial charge is 0.496 e. The van der Waals surface area contributed by atoms with E-state index >= 15 is 0 Å². The topological polar surface area (TPSA) is 194 Å². The first kappa shape index (κ1) is 55.3. The number of rotatable bonds is 15. The van der Waals surface area contributed by atoms with Crippen LogP contribution in [0.1, 0.15) is 124 Å². The molecule has 0 spiro atoms. The molecule has 4 heterocycles. The Hall–Kier alpha value is -6.96. The van der Waals surface area contributed by atoms with Crippen LogP contribution in [0.3, 0.4) is 0 Å². The summed E-state index contributed by atoms with van der Waals surface area (Å²) in [5, 5.41) is 8.72. The average molecular weight is 1060 g/mol. The first-order valence-corrected chi connectivity index (χ1v) is 26.2. The zero-order valence-corrected chi connectivity index (χ0v) is 44.4. The fourth-order valence-electron chi connectivity index (χ4n) is 10.5. The quantitative estimate of drug-likeness (QED) is 0.0956. The smallest absolute Gasteiger partial charge is 0.416 e. The molecule has 408 valence electrons. The Balaban J connectivity index is 0.808. The van der Waals surface area contributed by atoms with E-state index in [2.05, 4.69) is 32.0 Å². The number of hydrogen-bond donors (Lipinski definition) is 3. The van der Waals surface area contributed by atoms with Crippen LogP contribution in [0.5, 0.6) is 11.5 Å². The van der Waals surface area contributed by atoms with Crippen molar-refractivity contribution in [3.63, 3.8) is 0 Å². The summed E-state index contributed by atoms with van der Waals surface area (Å²) < 4.78 is 65.2. The van der Waals surface area contributed by atoms with Gasteiger partial charge in [-0.05, 0) is 151 Å². The van der Waals surface area contributed by atoms with Gasteiger partial charge < -0.3 is 34.1 Å². The second-order valence-corrected chi connectivity index (χ2v) is 21.2. The minimum atomic E-state index is -4.68. The van der Waals surface area contributed by atoms with Crippen molar-refractivity contribution in [2.24, 2.45) is 17.8 Å². The Kier molecular flexibility index (Phi) is 17.1. The van der Waals surface area contributed by atoms with Crippen LogP contribution in [0.4, 0.5) is 40.0 Å². The van der Waals surface area contributed by atoms with Crippen LogP contribution in [0.2, 0.25) is 0 Å². The number of amides is 6. The van der Waals surface area contributed by atoms with Crippen molar-refractivity contribution < 1.29 is 56.1 Å². The number of urea groups is 1. The number of halogens is 3. The van der Waals surface area contributed by atoms with Crippen LogP contribution < -0.4 is 30.3 Å². The van der Waals surface area contributed by atoms with Gasteiger partial charge in [0.05, 0.1) is 37.0 Å². The van der Waals surface area contributed by atoms with Gasteiger partial charge in [-0.2, -0.15) is 13.2 Å². The lowest BCUT2D eigenvalue weighted by molar-refractivity contribution is -0.138. The Morgan fingerprint density at radius 3 is 2.21 bits per heavy atom. The SMILES string of the molecule is COc1cc2nc(C)nc(NC(C)c3cc(NC(=O)OC(C)(C)C)cc(C(F)(F)F)c3)c2cc1C1=CCC(C(=O)N2CCC(CCOCC3CCN(C(=O)c4ccc(OC)c(N5CCC(=O)NC5=O)c4)CC3)CC2)CC1. The predicted octanol–water partition coefficient (Wildman–Crippen LogP) is 10.3. The number of nitrogens with one attached hydrogen (secondary N) is 3. The number of carbonyl (C=O) groups is 5. The van der Waals surface area contributed by atoms with Gasteiger partial charge in [-0.3, -0.25) is 29.9 Å². The number of nitrogens with zero attached hydrogens (tertiary/aromatic N) is 5. The van der Waals surface area contributed by atoms with Crippen LogP contribution >= 0.6 is 0 Å². The lowest BCUT2D eigenvalue weighted by atomic mass is 9.84. The lowest BCUT2D eigenvalue weighted by Gasteiger charge is -2.35. The van der Waals surface area contributed by atoms with Gasteiger partial charge in [0.2, 0.25) is 11.8 Å². The molecule has 0 radical (unpaired) electrons. The number of benzene rings is 3. The average Bonchev–Trinajstić information content (AvgIpc) is 3.39. The van der Waals surface area contributed by atoms with Gasteiger partial charge in [0.1, 0.15) is 28.7 Å². The number of allylic oxidation sites excluding steroid dienone is 2. The summed E-state index contributed by atoms with van der Waals surface area (Å²) in [6.45, 7) is 12.5. The van der Waals surface area contributed by atoms with Crippen molar-refractivity contribution in [1.82, 2.24) is 25.1 Å². The molecule has 2 atom stereocenters. The second kappa shape index (κ2) is 23.5. The summed E-state index contributed by atoms with van der Waals surface area (Å²) >= 11 is 0. The number of aromatic nitrogens is 2. The maximum absolute atomic E-state index is 14.1. The normalized spacial score (nSPS) is 18.5. The summed E-state index contributed by atoms with van der Waals surface area (Å²) in [4.78, 5) is 78.8. The van der Waals surface area contributed by atoms with E-state index in [4.69, 9.17) is 18.9 Å².